The number of fused-ring (bicyclic) bond motifs is 1. The minimum atomic E-state index is -1.06. The number of pyridine rings is 1. The van der Waals surface area contributed by atoms with E-state index in [0.29, 0.717) is 28.7 Å². The molecule has 1 aliphatic carbocycles. The molecule has 0 bridgehead atoms. The van der Waals surface area contributed by atoms with E-state index in [1.54, 1.807) is 12.1 Å². The van der Waals surface area contributed by atoms with Gasteiger partial charge >= 0.3 is 5.97 Å². The molecule has 1 fully saturated rings. The van der Waals surface area contributed by atoms with E-state index in [-0.39, 0.29) is 6.42 Å². The van der Waals surface area contributed by atoms with Crippen molar-refractivity contribution in [2.24, 2.45) is 5.92 Å². The van der Waals surface area contributed by atoms with Gasteiger partial charge in [-0.15, -0.1) is 0 Å². The number of carbonyl (C=O) groups is 2. The summed E-state index contributed by atoms with van der Waals surface area (Å²) in [5.41, 5.74) is 2.35. The Morgan fingerprint density at radius 1 is 1.14 bits per heavy atom. The fourth-order valence-corrected chi connectivity index (χ4v) is 4.77. The summed E-state index contributed by atoms with van der Waals surface area (Å²) < 4.78 is 15.3. The summed E-state index contributed by atoms with van der Waals surface area (Å²) in [6.07, 6.45) is 8.26. The number of halogens is 1. The molecule has 8 heteroatoms. The Hall–Kier alpha value is -3.42. The third-order valence-corrected chi connectivity index (χ3v) is 6.47. The first-order valence-electron chi connectivity index (χ1n) is 12.4. The molecule has 1 unspecified atom stereocenters. The highest BCUT2D eigenvalue weighted by atomic mass is 19.1. The first kappa shape index (κ1) is 24.7. The molecule has 1 atom stereocenters. The molecular formula is C27H33FN4O3. The molecule has 2 heterocycles. The zero-order valence-corrected chi connectivity index (χ0v) is 20.3. The molecule has 35 heavy (non-hydrogen) atoms. The van der Waals surface area contributed by atoms with Crippen LogP contribution in [0.5, 0.6) is 0 Å². The average Bonchev–Trinajstić information content (AvgIpc) is 3.15. The summed E-state index contributed by atoms with van der Waals surface area (Å²) >= 11 is 0. The van der Waals surface area contributed by atoms with Crippen LogP contribution in [0.4, 0.5) is 10.2 Å². The van der Waals surface area contributed by atoms with E-state index in [2.05, 4.69) is 24.5 Å². The zero-order valence-electron chi connectivity index (χ0n) is 20.3. The van der Waals surface area contributed by atoms with Crippen molar-refractivity contribution < 1.29 is 19.1 Å². The largest absolute Gasteiger partial charge is 0.481 e. The molecule has 3 N–H and O–H groups in total. The molecule has 186 valence electrons. The summed E-state index contributed by atoms with van der Waals surface area (Å²) in [6.45, 7) is 4.28. The first-order chi connectivity index (χ1) is 16.8. The number of nitrogens with one attached hydrogen (secondary N) is 2. The van der Waals surface area contributed by atoms with Crippen molar-refractivity contribution in [3.63, 3.8) is 0 Å². The quantitative estimate of drug-likeness (QED) is 0.383. The number of hydrogen-bond acceptors (Lipinski definition) is 4. The third kappa shape index (κ3) is 5.99. The highest BCUT2D eigenvalue weighted by molar-refractivity contribution is 6.00. The van der Waals surface area contributed by atoms with Crippen molar-refractivity contribution in [2.75, 3.05) is 5.32 Å². The van der Waals surface area contributed by atoms with Crippen molar-refractivity contribution in [1.82, 2.24) is 14.7 Å². The van der Waals surface area contributed by atoms with Gasteiger partial charge in [-0.25, -0.2) is 9.37 Å². The predicted molar refractivity (Wildman–Crippen MR) is 133 cm³/mol. The van der Waals surface area contributed by atoms with Crippen LogP contribution in [0.2, 0.25) is 0 Å². The zero-order chi connectivity index (χ0) is 24.9. The number of aliphatic carboxylic acids is 1. The standard InChI is InChI=1S/C27H33FN4O3/c1-17(2)15-23-26(29-20-7-4-3-5-8-20)32-14-6-9-21(25(32)30-23)27(35)31-22(16-24(33)34)18-10-12-19(28)13-11-18/h6,9-14,17,20,22,29H,3-5,7-8,15-16H2,1-2H3,(H,31,35)(H,33,34). The monoisotopic (exact) mass is 480 g/mol. The molecule has 2 aromatic heterocycles. The van der Waals surface area contributed by atoms with E-state index in [1.165, 1.54) is 43.5 Å². The molecular weight excluding hydrogens is 447 g/mol. The summed E-state index contributed by atoms with van der Waals surface area (Å²) in [6, 6.07) is 8.58. The van der Waals surface area contributed by atoms with Crippen molar-refractivity contribution in [1.29, 1.82) is 0 Å². The van der Waals surface area contributed by atoms with Crippen LogP contribution in [0.1, 0.15) is 80.0 Å². The summed E-state index contributed by atoms with van der Waals surface area (Å²) in [4.78, 5) is 29.7. The number of benzene rings is 1. The fraction of sp³-hybridized carbons (Fsp3) is 0.444. The van der Waals surface area contributed by atoms with Gasteiger partial charge in [-0.2, -0.15) is 0 Å². The number of imidazole rings is 1. The van der Waals surface area contributed by atoms with Gasteiger partial charge in [0, 0.05) is 12.2 Å². The number of carbonyl (C=O) groups excluding carboxylic acids is 1. The number of nitrogens with zero attached hydrogens (tertiary/aromatic N) is 2. The maximum Gasteiger partial charge on any atom is 0.305 e. The summed E-state index contributed by atoms with van der Waals surface area (Å²) in [5.74, 6) is -0.585. The maximum absolute atomic E-state index is 13.4. The Balaban J connectivity index is 1.67. The second kappa shape index (κ2) is 10.9. The van der Waals surface area contributed by atoms with Crippen LogP contribution >= 0.6 is 0 Å². The van der Waals surface area contributed by atoms with Crippen LogP contribution in [0.25, 0.3) is 5.65 Å². The Morgan fingerprint density at radius 3 is 2.51 bits per heavy atom. The van der Waals surface area contributed by atoms with E-state index in [1.807, 2.05) is 10.6 Å². The molecule has 4 rings (SSSR count). The lowest BCUT2D eigenvalue weighted by atomic mass is 9.95. The van der Waals surface area contributed by atoms with Gasteiger partial charge in [0.2, 0.25) is 0 Å². The molecule has 7 nitrogen and oxygen atoms in total. The van der Waals surface area contributed by atoms with Gasteiger partial charge in [-0.05, 0) is 55.0 Å². The van der Waals surface area contributed by atoms with Crippen molar-refractivity contribution in [3.8, 4) is 0 Å². The van der Waals surface area contributed by atoms with Crippen LogP contribution in [-0.4, -0.2) is 32.4 Å². The summed E-state index contributed by atoms with van der Waals surface area (Å²) in [5, 5.41) is 15.9. The smallest absolute Gasteiger partial charge is 0.305 e. The van der Waals surface area contributed by atoms with Gasteiger partial charge in [0.1, 0.15) is 11.6 Å². The van der Waals surface area contributed by atoms with Crippen LogP contribution in [0.3, 0.4) is 0 Å². The average molecular weight is 481 g/mol. The molecule has 0 aliphatic heterocycles. The number of carboxylic acids is 1. The lowest BCUT2D eigenvalue weighted by Gasteiger charge is -2.24. The van der Waals surface area contributed by atoms with Crippen molar-refractivity contribution in [3.05, 3.63) is 65.2 Å². The van der Waals surface area contributed by atoms with Crippen molar-refractivity contribution in [2.45, 2.75) is 70.9 Å². The molecule has 0 saturated heterocycles. The Morgan fingerprint density at radius 2 is 1.86 bits per heavy atom. The molecule has 1 aliphatic rings. The first-order valence-corrected chi connectivity index (χ1v) is 12.4. The third-order valence-electron chi connectivity index (χ3n) is 6.47. The van der Waals surface area contributed by atoms with Gasteiger partial charge in [-0.3, -0.25) is 14.0 Å². The second-order valence-electron chi connectivity index (χ2n) is 9.78. The van der Waals surface area contributed by atoms with Crippen LogP contribution < -0.4 is 10.6 Å². The van der Waals surface area contributed by atoms with E-state index in [0.717, 1.165) is 30.8 Å². The Bertz CT molecular complexity index is 1180. The molecule has 1 aromatic carbocycles. The summed E-state index contributed by atoms with van der Waals surface area (Å²) in [7, 11) is 0. The van der Waals surface area contributed by atoms with Gasteiger partial charge in [-0.1, -0.05) is 45.2 Å². The SMILES string of the molecule is CC(C)Cc1nc2c(C(=O)NC(CC(=O)O)c3ccc(F)cc3)cccn2c1NC1CCCCC1. The number of carboxylic acid groups (broad SMARTS) is 1. The lowest BCUT2D eigenvalue weighted by molar-refractivity contribution is -0.137. The van der Waals surface area contributed by atoms with E-state index in [9.17, 15) is 19.1 Å². The number of amides is 1. The number of aromatic nitrogens is 2. The minimum absolute atomic E-state index is 0.317. The van der Waals surface area contributed by atoms with Gasteiger partial charge < -0.3 is 15.7 Å². The van der Waals surface area contributed by atoms with E-state index in [4.69, 9.17) is 4.98 Å². The Kier molecular flexibility index (Phi) is 7.68. The Labute approximate surface area is 204 Å². The minimum Gasteiger partial charge on any atom is -0.481 e. The predicted octanol–water partition coefficient (Wildman–Crippen LogP) is 5.36. The molecule has 1 amide bonds. The van der Waals surface area contributed by atoms with Gasteiger partial charge in [0.05, 0.1) is 23.7 Å². The molecule has 1 saturated carbocycles. The molecule has 3 aromatic rings. The maximum atomic E-state index is 13.4. The number of rotatable bonds is 9. The van der Waals surface area contributed by atoms with E-state index >= 15 is 0 Å². The van der Waals surface area contributed by atoms with Crippen LogP contribution in [-0.2, 0) is 11.2 Å². The topological polar surface area (TPSA) is 95.7 Å². The van der Waals surface area contributed by atoms with Crippen LogP contribution in [0, 0.1) is 11.7 Å². The normalized spacial score (nSPS) is 15.3. The molecule has 0 spiro atoms. The second-order valence-corrected chi connectivity index (χ2v) is 9.78. The van der Waals surface area contributed by atoms with Crippen molar-refractivity contribution >= 4 is 23.3 Å². The van der Waals surface area contributed by atoms with E-state index < -0.39 is 23.7 Å². The van der Waals surface area contributed by atoms with Gasteiger partial charge in [0.15, 0.2) is 5.65 Å². The highest BCUT2D eigenvalue weighted by Gasteiger charge is 2.24. The number of anilines is 1. The fourth-order valence-electron chi connectivity index (χ4n) is 4.77. The van der Waals surface area contributed by atoms with Crippen LogP contribution in [0.15, 0.2) is 42.6 Å². The lowest BCUT2D eigenvalue weighted by Crippen LogP contribution is -2.30. The highest BCUT2D eigenvalue weighted by Crippen LogP contribution is 2.28. The number of hydrogen-bond donors (Lipinski definition) is 3. The molecule has 0 radical (unpaired) electrons. The van der Waals surface area contributed by atoms with Gasteiger partial charge in [0.25, 0.3) is 5.91 Å².